The first-order chi connectivity index (χ1) is 14.3. The van der Waals surface area contributed by atoms with E-state index >= 15 is 0 Å². The first-order valence-electron chi connectivity index (χ1n) is 11.1. The minimum Gasteiger partial charge on any atom is -0.494 e. The number of nitrogens with one attached hydrogen (secondary N) is 1. The highest BCUT2D eigenvalue weighted by atomic mass is 16.5. The van der Waals surface area contributed by atoms with Crippen LogP contribution in [0.1, 0.15) is 36.8 Å². The van der Waals surface area contributed by atoms with E-state index < -0.39 is 0 Å². The number of likely N-dealkylation sites (tertiary alicyclic amines) is 1. The fraction of sp³-hybridized carbons (Fsp3) is 0.440. The molecule has 1 N–H and O–H groups in total. The van der Waals surface area contributed by atoms with Gasteiger partial charge in [0.15, 0.2) is 0 Å². The minimum atomic E-state index is 0.796. The molecule has 0 spiro atoms. The maximum atomic E-state index is 5.97. The zero-order valence-corrected chi connectivity index (χ0v) is 17.1. The lowest BCUT2D eigenvalue weighted by atomic mass is 10.0. The second-order valence-corrected chi connectivity index (χ2v) is 8.69. The van der Waals surface area contributed by atoms with Gasteiger partial charge in [-0.3, -0.25) is 10.4 Å². The number of nitrogens with zero attached hydrogens (tertiary/aromatic N) is 2. The van der Waals surface area contributed by atoms with E-state index in [2.05, 4.69) is 76.1 Å². The van der Waals surface area contributed by atoms with Crippen LogP contribution in [0.2, 0.25) is 0 Å². The van der Waals surface area contributed by atoms with Crippen LogP contribution in [-0.2, 0) is 6.54 Å². The predicted molar refractivity (Wildman–Crippen MR) is 118 cm³/mol. The standard InChI is InChI=1S/C25H31N3O/c1-2-6-23-19-28(15-13-20(23)5-1)26-24-9-11-25(12-10-24)29-16-4-14-27-17-21-7-3-8-22(21)18-27/h1-2,5-6,9-13,15,21-22,26H,3-4,7-8,14,16-19H2. The van der Waals surface area contributed by atoms with Gasteiger partial charge in [-0.2, -0.15) is 0 Å². The molecular formula is C25H31N3O. The van der Waals surface area contributed by atoms with Crippen molar-refractivity contribution in [2.24, 2.45) is 11.8 Å². The Balaban J connectivity index is 1.05. The largest absolute Gasteiger partial charge is 0.494 e. The van der Waals surface area contributed by atoms with Gasteiger partial charge in [-0.25, -0.2) is 0 Å². The predicted octanol–water partition coefficient (Wildman–Crippen LogP) is 5.00. The molecule has 2 fully saturated rings. The number of hydrogen-bond donors (Lipinski definition) is 1. The molecule has 0 bridgehead atoms. The van der Waals surface area contributed by atoms with Crippen LogP contribution < -0.4 is 10.2 Å². The van der Waals surface area contributed by atoms with Crippen LogP contribution in [0.25, 0.3) is 6.08 Å². The monoisotopic (exact) mass is 389 g/mol. The van der Waals surface area contributed by atoms with Crippen LogP contribution in [0.15, 0.2) is 54.7 Å². The van der Waals surface area contributed by atoms with Crippen LogP contribution in [0.4, 0.5) is 5.69 Å². The number of benzene rings is 2. The molecule has 0 radical (unpaired) electrons. The van der Waals surface area contributed by atoms with E-state index in [1.165, 1.54) is 50.0 Å². The summed E-state index contributed by atoms with van der Waals surface area (Å²) in [5.41, 5.74) is 7.17. The maximum Gasteiger partial charge on any atom is 0.119 e. The van der Waals surface area contributed by atoms with Gasteiger partial charge >= 0.3 is 0 Å². The highest BCUT2D eigenvalue weighted by Gasteiger charge is 2.35. The fourth-order valence-corrected chi connectivity index (χ4v) is 5.11. The molecule has 1 aliphatic carbocycles. The molecular weight excluding hydrogens is 358 g/mol. The van der Waals surface area contributed by atoms with E-state index in [1.807, 2.05) is 0 Å². The molecule has 0 aromatic heterocycles. The van der Waals surface area contributed by atoms with Crippen molar-refractivity contribution < 1.29 is 4.74 Å². The molecule has 2 unspecified atom stereocenters. The van der Waals surface area contributed by atoms with Gasteiger partial charge in [0.25, 0.3) is 0 Å². The van der Waals surface area contributed by atoms with Crippen molar-refractivity contribution in [3.05, 3.63) is 65.9 Å². The Hall–Kier alpha value is -2.46. The fourth-order valence-electron chi connectivity index (χ4n) is 5.11. The minimum absolute atomic E-state index is 0.796. The Morgan fingerprint density at radius 2 is 1.76 bits per heavy atom. The molecule has 2 aromatic rings. The van der Waals surface area contributed by atoms with E-state index in [1.54, 1.807) is 0 Å². The number of rotatable bonds is 7. The lowest BCUT2D eigenvalue weighted by Crippen LogP contribution is -2.26. The molecule has 2 aromatic carbocycles. The van der Waals surface area contributed by atoms with Crippen molar-refractivity contribution in [2.75, 3.05) is 31.7 Å². The average molecular weight is 390 g/mol. The van der Waals surface area contributed by atoms with Crippen molar-refractivity contribution >= 4 is 11.8 Å². The van der Waals surface area contributed by atoms with Gasteiger partial charge in [0, 0.05) is 25.8 Å². The van der Waals surface area contributed by atoms with E-state index in [0.29, 0.717) is 0 Å². The molecule has 1 saturated heterocycles. The van der Waals surface area contributed by atoms with Gasteiger partial charge in [-0.15, -0.1) is 0 Å². The van der Waals surface area contributed by atoms with Crippen molar-refractivity contribution in [1.29, 1.82) is 0 Å². The Morgan fingerprint density at radius 1 is 0.966 bits per heavy atom. The summed E-state index contributed by atoms with van der Waals surface area (Å²) < 4.78 is 5.97. The Labute approximate surface area is 174 Å². The third-order valence-corrected chi connectivity index (χ3v) is 6.65. The van der Waals surface area contributed by atoms with Gasteiger partial charge in [-0.05, 0) is 72.6 Å². The number of ether oxygens (including phenoxy) is 1. The van der Waals surface area contributed by atoms with E-state index in [4.69, 9.17) is 4.74 Å². The molecule has 29 heavy (non-hydrogen) atoms. The first kappa shape index (κ1) is 18.6. The zero-order valence-electron chi connectivity index (χ0n) is 17.1. The van der Waals surface area contributed by atoms with E-state index in [0.717, 1.165) is 42.8 Å². The van der Waals surface area contributed by atoms with Crippen LogP contribution in [0, 0.1) is 11.8 Å². The highest BCUT2D eigenvalue weighted by molar-refractivity contribution is 5.56. The summed E-state index contributed by atoms with van der Waals surface area (Å²) in [7, 11) is 0. The van der Waals surface area contributed by atoms with Crippen LogP contribution in [-0.4, -0.2) is 36.1 Å². The highest BCUT2D eigenvalue weighted by Crippen LogP contribution is 2.37. The Kier molecular flexibility index (Phi) is 5.44. The maximum absolute atomic E-state index is 5.97. The van der Waals surface area contributed by atoms with Crippen LogP contribution in [0.3, 0.4) is 0 Å². The number of anilines is 1. The summed E-state index contributed by atoms with van der Waals surface area (Å²) in [6.45, 7) is 5.48. The summed E-state index contributed by atoms with van der Waals surface area (Å²) in [5.74, 6) is 2.92. The SMILES string of the molecule is C1=CN(Nc2ccc(OCCCN3CC4CCCC4C3)cc2)Cc2ccccc21. The normalized spacial score (nSPS) is 23.1. The van der Waals surface area contributed by atoms with Crippen molar-refractivity contribution in [3.8, 4) is 5.75 Å². The molecule has 1 saturated carbocycles. The molecule has 152 valence electrons. The number of fused-ring (bicyclic) bond motifs is 2. The summed E-state index contributed by atoms with van der Waals surface area (Å²) >= 11 is 0. The second kappa shape index (κ2) is 8.50. The third-order valence-electron chi connectivity index (χ3n) is 6.65. The van der Waals surface area contributed by atoms with E-state index in [9.17, 15) is 0 Å². The average Bonchev–Trinajstić information content (AvgIpc) is 3.34. The van der Waals surface area contributed by atoms with Crippen LogP contribution in [0.5, 0.6) is 5.75 Å². The van der Waals surface area contributed by atoms with E-state index in [-0.39, 0.29) is 0 Å². The van der Waals surface area contributed by atoms with Crippen molar-refractivity contribution in [2.45, 2.75) is 32.2 Å². The molecule has 0 amide bonds. The second-order valence-electron chi connectivity index (χ2n) is 8.69. The Morgan fingerprint density at radius 3 is 2.59 bits per heavy atom. The zero-order chi connectivity index (χ0) is 19.5. The van der Waals surface area contributed by atoms with Gasteiger partial charge < -0.3 is 9.64 Å². The number of hydrogen-bond acceptors (Lipinski definition) is 4. The topological polar surface area (TPSA) is 27.7 Å². The molecule has 3 aliphatic rings. The first-order valence-corrected chi connectivity index (χ1v) is 11.1. The van der Waals surface area contributed by atoms with Gasteiger partial charge in [0.05, 0.1) is 18.8 Å². The van der Waals surface area contributed by atoms with Gasteiger partial charge in [0.2, 0.25) is 0 Å². The summed E-state index contributed by atoms with van der Waals surface area (Å²) in [5, 5.41) is 2.11. The molecule has 2 atom stereocenters. The van der Waals surface area contributed by atoms with Crippen LogP contribution >= 0.6 is 0 Å². The lowest BCUT2D eigenvalue weighted by molar-refractivity contribution is 0.253. The molecule has 2 heterocycles. The lowest BCUT2D eigenvalue weighted by Gasteiger charge is -2.26. The summed E-state index contributed by atoms with van der Waals surface area (Å²) in [6, 6.07) is 16.8. The van der Waals surface area contributed by atoms with Crippen molar-refractivity contribution in [1.82, 2.24) is 9.91 Å². The van der Waals surface area contributed by atoms with Gasteiger partial charge in [0.1, 0.15) is 5.75 Å². The smallest absolute Gasteiger partial charge is 0.119 e. The third kappa shape index (κ3) is 4.43. The molecule has 2 aliphatic heterocycles. The van der Waals surface area contributed by atoms with Crippen molar-refractivity contribution in [3.63, 3.8) is 0 Å². The van der Waals surface area contributed by atoms with Gasteiger partial charge in [-0.1, -0.05) is 30.7 Å². The summed E-state index contributed by atoms with van der Waals surface area (Å²) in [4.78, 5) is 2.65. The molecule has 5 rings (SSSR count). The quantitative estimate of drug-likeness (QED) is 0.675. The number of hydrazine groups is 1. The Bertz CT molecular complexity index is 835. The summed E-state index contributed by atoms with van der Waals surface area (Å²) in [6.07, 6.45) is 9.72. The molecule has 4 heteroatoms. The molecule has 4 nitrogen and oxygen atoms in total.